The molecule has 0 unspecified atom stereocenters. The van der Waals surface area contributed by atoms with Crippen molar-refractivity contribution < 1.29 is 5.11 Å². The second-order valence-corrected chi connectivity index (χ2v) is 4.86. The molecule has 3 nitrogen and oxygen atoms in total. The van der Waals surface area contributed by atoms with Crippen LogP contribution in [0.1, 0.15) is 31.2 Å². The van der Waals surface area contributed by atoms with E-state index in [0.717, 1.165) is 29.9 Å². The van der Waals surface area contributed by atoms with Gasteiger partial charge < -0.3 is 15.7 Å². The van der Waals surface area contributed by atoms with Gasteiger partial charge in [0.1, 0.15) is 0 Å². The summed E-state index contributed by atoms with van der Waals surface area (Å²) >= 11 is 0. The van der Waals surface area contributed by atoms with Crippen LogP contribution in [0.25, 0.3) is 0 Å². The molecule has 3 heteroatoms. The fourth-order valence-electron chi connectivity index (χ4n) is 2.35. The molecule has 0 radical (unpaired) electrons. The van der Waals surface area contributed by atoms with Crippen molar-refractivity contribution >= 4 is 11.4 Å². The molecule has 0 atom stereocenters. The molecule has 1 fully saturated rings. The van der Waals surface area contributed by atoms with E-state index in [9.17, 15) is 0 Å². The Morgan fingerprint density at radius 1 is 1.41 bits per heavy atom. The summed E-state index contributed by atoms with van der Waals surface area (Å²) in [4.78, 5) is 2.38. The van der Waals surface area contributed by atoms with Crippen LogP contribution < -0.4 is 10.6 Å². The maximum absolute atomic E-state index is 9.00. The number of hydrogen-bond acceptors (Lipinski definition) is 3. The smallest absolute Gasteiger partial charge is 0.0605 e. The molecule has 2 rings (SSSR count). The van der Waals surface area contributed by atoms with Gasteiger partial charge in [0.2, 0.25) is 0 Å². The third-order valence-electron chi connectivity index (χ3n) is 3.68. The Hall–Kier alpha value is -1.22. The summed E-state index contributed by atoms with van der Waals surface area (Å²) in [6.07, 6.45) is 4.62. The van der Waals surface area contributed by atoms with Gasteiger partial charge in [0.25, 0.3) is 0 Å². The second-order valence-electron chi connectivity index (χ2n) is 4.86. The highest BCUT2D eigenvalue weighted by atomic mass is 16.3. The molecule has 0 amide bonds. The number of nitrogen functional groups attached to an aromatic ring is 1. The summed E-state index contributed by atoms with van der Waals surface area (Å²) in [5.74, 6) is 0. The monoisotopic (exact) mass is 234 g/mol. The highest BCUT2D eigenvalue weighted by Crippen LogP contribution is 2.34. The Morgan fingerprint density at radius 3 is 2.76 bits per heavy atom. The minimum atomic E-state index is 0.245. The zero-order valence-electron chi connectivity index (χ0n) is 10.5. The number of benzene rings is 1. The van der Waals surface area contributed by atoms with E-state index in [0.29, 0.717) is 6.04 Å². The molecular formula is C14H22N2O. The molecule has 94 valence electrons. The van der Waals surface area contributed by atoms with Gasteiger partial charge in [-0.15, -0.1) is 0 Å². The molecular weight excluding hydrogens is 212 g/mol. The highest BCUT2D eigenvalue weighted by molar-refractivity contribution is 5.71. The number of nitrogens with two attached hydrogens (primary N) is 1. The Morgan fingerprint density at radius 2 is 2.18 bits per heavy atom. The predicted molar refractivity (Wildman–Crippen MR) is 72.3 cm³/mol. The topological polar surface area (TPSA) is 49.5 Å². The van der Waals surface area contributed by atoms with Crippen molar-refractivity contribution in [3.05, 3.63) is 23.8 Å². The van der Waals surface area contributed by atoms with E-state index in [1.54, 1.807) is 0 Å². The predicted octanol–water partition coefficient (Wildman–Crippen LogP) is 2.32. The van der Waals surface area contributed by atoms with E-state index >= 15 is 0 Å². The first-order valence-electron chi connectivity index (χ1n) is 6.46. The van der Waals surface area contributed by atoms with Crippen molar-refractivity contribution in [2.24, 2.45) is 0 Å². The second kappa shape index (κ2) is 5.41. The maximum atomic E-state index is 9.00. The molecule has 0 spiro atoms. The van der Waals surface area contributed by atoms with E-state index in [4.69, 9.17) is 10.8 Å². The zero-order chi connectivity index (χ0) is 12.3. The first kappa shape index (κ1) is 12.2. The van der Waals surface area contributed by atoms with Crippen LogP contribution in [-0.4, -0.2) is 24.3 Å². The molecule has 0 bridgehead atoms. The van der Waals surface area contributed by atoms with Crippen molar-refractivity contribution in [1.29, 1.82) is 0 Å². The van der Waals surface area contributed by atoms with Gasteiger partial charge in [-0.2, -0.15) is 0 Å². The molecule has 0 aliphatic heterocycles. The number of aliphatic hydroxyl groups excluding tert-OH is 1. The molecule has 1 saturated carbocycles. The number of aryl methyl sites for hydroxylation is 1. The third kappa shape index (κ3) is 2.55. The lowest BCUT2D eigenvalue weighted by atomic mass is 9.90. The van der Waals surface area contributed by atoms with Crippen molar-refractivity contribution in [1.82, 2.24) is 0 Å². The molecule has 1 aliphatic rings. The van der Waals surface area contributed by atoms with Crippen LogP contribution >= 0.6 is 0 Å². The van der Waals surface area contributed by atoms with Crippen LogP contribution in [-0.2, 0) is 0 Å². The van der Waals surface area contributed by atoms with Crippen LogP contribution in [0.15, 0.2) is 18.2 Å². The molecule has 3 N–H and O–H groups in total. The van der Waals surface area contributed by atoms with Gasteiger partial charge >= 0.3 is 0 Å². The van der Waals surface area contributed by atoms with Crippen LogP contribution in [0.4, 0.5) is 11.4 Å². The van der Waals surface area contributed by atoms with Gasteiger partial charge in [-0.3, -0.25) is 0 Å². The lowest BCUT2D eigenvalue weighted by molar-refractivity contribution is 0.283. The molecule has 0 saturated heterocycles. The van der Waals surface area contributed by atoms with E-state index < -0.39 is 0 Å². The van der Waals surface area contributed by atoms with Crippen LogP contribution in [0.5, 0.6) is 0 Å². The van der Waals surface area contributed by atoms with Gasteiger partial charge in [0, 0.05) is 19.2 Å². The number of hydrogen-bond donors (Lipinski definition) is 2. The van der Waals surface area contributed by atoms with Gasteiger partial charge in [-0.05, 0) is 44.2 Å². The van der Waals surface area contributed by atoms with Crippen LogP contribution in [0.3, 0.4) is 0 Å². The Bertz CT molecular complexity index is 374. The third-order valence-corrected chi connectivity index (χ3v) is 3.68. The summed E-state index contributed by atoms with van der Waals surface area (Å²) in [5, 5.41) is 9.00. The van der Waals surface area contributed by atoms with Gasteiger partial charge in [-0.1, -0.05) is 12.1 Å². The van der Waals surface area contributed by atoms with Crippen molar-refractivity contribution in [3.8, 4) is 0 Å². The quantitative estimate of drug-likeness (QED) is 0.769. The van der Waals surface area contributed by atoms with Gasteiger partial charge in [0.15, 0.2) is 0 Å². The van der Waals surface area contributed by atoms with Crippen molar-refractivity contribution in [2.45, 2.75) is 38.6 Å². The largest absolute Gasteiger partial charge is 0.397 e. The first-order chi connectivity index (χ1) is 8.24. The number of anilines is 2. The first-order valence-corrected chi connectivity index (χ1v) is 6.46. The molecule has 1 aliphatic carbocycles. The van der Waals surface area contributed by atoms with E-state index in [-0.39, 0.29) is 6.61 Å². The lowest BCUT2D eigenvalue weighted by Gasteiger charge is -2.40. The van der Waals surface area contributed by atoms with Crippen LogP contribution in [0.2, 0.25) is 0 Å². The summed E-state index contributed by atoms with van der Waals surface area (Å²) in [6.45, 7) is 3.19. The zero-order valence-corrected chi connectivity index (χ0v) is 10.5. The average Bonchev–Trinajstić information content (AvgIpc) is 2.26. The van der Waals surface area contributed by atoms with E-state index in [1.807, 2.05) is 13.0 Å². The average molecular weight is 234 g/mol. The Balaban J connectivity index is 2.21. The number of para-hydroxylation sites is 1. The minimum Gasteiger partial charge on any atom is -0.397 e. The summed E-state index contributed by atoms with van der Waals surface area (Å²) in [5.41, 5.74) is 9.33. The highest BCUT2D eigenvalue weighted by Gasteiger charge is 2.26. The van der Waals surface area contributed by atoms with E-state index in [1.165, 1.54) is 19.3 Å². The summed E-state index contributed by atoms with van der Waals surface area (Å²) in [7, 11) is 0. The van der Waals surface area contributed by atoms with Crippen LogP contribution in [0, 0.1) is 6.92 Å². The molecule has 17 heavy (non-hydrogen) atoms. The summed E-state index contributed by atoms with van der Waals surface area (Å²) in [6, 6.07) is 6.82. The fourth-order valence-corrected chi connectivity index (χ4v) is 2.35. The Labute approximate surface area is 103 Å². The molecule has 0 heterocycles. The molecule has 0 aromatic heterocycles. The number of aliphatic hydroxyl groups is 1. The fraction of sp³-hybridized carbons (Fsp3) is 0.571. The van der Waals surface area contributed by atoms with Gasteiger partial charge in [-0.25, -0.2) is 0 Å². The summed E-state index contributed by atoms with van der Waals surface area (Å²) < 4.78 is 0. The lowest BCUT2D eigenvalue weighted by Crippen LogP contribution is -2.41. The normalized spacial score (nSPS) is 15.6. The SMILES string of the molecule is Cc1cccc(N(CCCO)C2CCC2)c1N. The maximum Gasteiger partial charge on any atom is 0.0605 e. The number of rotatable bonds is 5. The number of nitrogens with zero attached hydrogens (tertiary/aromatic N) is 1. The van der Waals surface area contributed by atoms with Gasteiger partial charge in [0.05, 0.1) is 11.4 Å². The minimum absolute atomic E-state index is 0.245. The van der Waals surface area contributed by atoms with Crippen molar-refractivity contribution in [3.63, 3.8) is 0 Å². The molecule has 1 aromatic rings. The van der Waals surface area contributed by atoms with Crippen molar-refractivity contribution in [2.75, 3.05) is 23.8 Å². The molecule has 1 aromatic carbocycles. The standard InChI is InChI=1S/C14H22N2O/c1-11-5-2-8-13(14(11)15)16(9-4-10-17)12-6-3-7-12/h2,5,8,12,17H,3-4,6-7,9-10,15H2,1H3. The van der Waals surface area contributed by atoms with E-state index in [2.05, 4.69) is 17.0 Å². The Kier molecular flexibility index (Phi) is 3.89.